The Morgan fingerprint density at radius 2 is 1.79 bits per heavy atom. The van der Waals surface area contributed by atoms with Crippen LogP contribution in [0.2, 0.25) is 0 Å². The molecular weight excluding hydrogens is 380 g/mol. The van der Waals surface area contributed by atoms with Gasteiger partial charge in [0.1, 0.15) is 47.9 Å². The van der Waals surface area contributed by atoms with Crippen LogP contribution in [0.5, 0.6) is 5.75 Å². The minimum atomic E-state index is -0.949. The van der Waals surface area contributed by atoms with Crippen LogP contribution >= 0.6 is 0 Å². The van der Waals surface area contributed by atoms with Gasteiger partial charge in [0.15, 0.2) is 0 Å². The maximum Gasteiger partial charge on any atom is 0.126 e. The highest BCUT2D eigenvalue weighted by molar-refractivity contribution is 5.36. The van der Waals surface area contributed by atoms with Crippen molar-refractivity contribution >= 4 is 0 Å². The molecule has 158 valence electrons. The minimum Gasteiger partial charge on any atom is -0.488 e. The Bertz CT molecular complexity index is 797. The Morgan fingerprint density at radius 1 is 1.07 bits per heavy atom. The summed E-state index contributed by atoms with van der Waals surface area (Å²) in [6.45, 7) is 0.538. The van der Waals surface area contributed by atoms with Gasteiger partial charge in [-0.1, -0.05) is 0 Å². The van der Waals surface area contributed by atoms with Gasteiger partial charge in [-0.25, -0.2) is 8.78 Å². The molecule has 1 aromatic rings. The fourth-order valence-electron chi connectivity index (χ4n) is 4.16. The fourth-order valence-corrected chi connectivity index (χ4v) is 4.16. The number of benzene rings is 1. The SMILES string of the molecule is OC(CNCC(O)C1CCc2cc(F)ccc2O1)C1CCC2=C(C=CC(F)C2)O1. The van der Waals surface area contributed by atoms with E-state index < -0.39 is 18.4 Å². The number of hydrogen-bond donors (Lipinski definition) is 3. The number of rotatable bonds is 6. The number of allylic oxidation sites excluding steroid dienone is 3. The van der Waals surface area contributed by atoms with Gasteiger partial charge >= 0.3 is 0 Å². The summed E-state index contributed by atoms with van der Waals surface area (Å²) in [7, 11) is 0. The average Bonchev–Trinajstić information content (AvgIpc) is 2.72. The van der Waals surface area contributed by atoms with Crippen molar-refractivity contribution in [3.63, 3.8) is 0 Å². The smallest absolute Gasteiger partial charge is 0.126 e. The van der Waals surface area contributed by atoms with Crippen molar-refractivity contribution in [2.24, 2.45) is 0 Å². The predicted octanol–water partition coefficient (Wildman–Crippen LogP) is 2.56. The molecule has 7 heteroatoms. The molecular formula is C22H27F2NO4. The topological polar surface area (TPSA) is 71.0 Å². The third-order valence-corrected chi connectivity index (χ3v) is 5.82. The van der Waals surface area contributed by atoms with Crippen LogP contribution in [0.3, 0.4) is 0 Å². The standard InChI is InChI=1S/C22H27F2NO4/c23-15-3-7-19-13(9-15)1-5-21(28-19)17(26)11-25-12-18(27)22-6-2-14-10-16(24)4-8-20(14)29-22/h3-4,7-9,16-18,21-22,25-27H,1-2,5-6,10-12H2. The van der Waals surface area contributed by atoms with Crippen LogP contribution < -0.4 is 10.1 Å². The van der Waals surface area contributed by atoms with E-state index in [1.54, 1.807) is 12.1 Å². The molecule has 0 fully saturated rings. The lowest BCUT2D eigenvalue weighted by molar-refractivity contribution is -0.0181. The number of alkyl halides is 1. The van der Waals surface area contributed by atoms with E-state index in [1.807, 2.05) is 0 Å². The molecule has 0 saturated heterocycles. The summed E-state index contributed by atoms with van der Waals surface area (Å²) in [6, 6.07) is 4.41. The normalized spacial score (nSPS) is 28.1. The van der Waals surface area contributed by atoms with Crippen molar-refractivity contribution in [3.05, 3.63) is 53.1 Å². The van der Waals surface area contributed by atoms with E-state index in [0.717, 1.165) is 17.6 Å². The lowest BCUT2D eigenvalue weighted by Crippen LogP contribution is -2.45. The summed E-state index contributed by atoms with van der Waals surface area (Å²) < 4.78 is 38.3. The molecule has 0 spiro atoms. The zero-order valence-corrected chi connectivity index (χ0v) is 16.2. The first-order valence-electron chi connectivity index (χ1n) is 10.2. The second-order valence-electron chi connectivity index (χ2n) is 7.98. The van der Waals surface area contributed by atoms with Gasteiger partial charge in [-0.15, -0.1) is 0 Å². The van der Waals surface area contributed by atoms with E-state index in [4.69, 9.17) is 9.47 Å². The van der Waals surface area contributed by atoms with E-state index >= 15 is 0 Å². The number of halogens is 2. The Balaban J connectivity index is 1.22. The quantitative estimate of drug-likeness (QED) is 0.676. The highest BCUT2D eigenvalue weighted by Crippen LogP contribution is 2.33. The van der Waals surface area contributed by atoms with Crippen LogP contribution in [0.1, 0.15) is 31.2 Å². The average molecular weight is 407 g/mol. The van der Waals surface area contributed by atoms with E-state index in [1.165, 1.54) is 18.2 Å². The Kier molecular flexibility index (Phi) is 6.18. The molecule has 1 aromatic carbocycles. The summed E-state index contributed by atoms with van der Waals surface area (Å²) in [6.07, 6.45) is 2.97. The molecule has 1 aliphatic carbocycles. The summed E-state index contributed by atoms with van der Waals surface area (Å²) in [5.41, 5.74) is 1.79. The predicted molar refractivity (Wildman–Crippen MR) is 104 cm³/mol. The molecule has 0 saturated carbocycles. The summed E-state index contributed by atoms with van der Waals surface area (Å²) in [5.74, 6) is 1.00. The first kappa shape index (κ1) is 20.3. The van der Waals surface area contributed by atoms with Crippen molar-refractivity contribution in [3.8, 4) is 5.75 Å². The van der Waals surface area contributed by atoms with Gasteiger partial charge in [-0.05, 0) is 67.2 Å². The van der Waals surface area contributed by atoms with Crippen LogP contribution in [0.15, 0.2) is 41.7 Å². The Labute approximate surface area is 169 Å². The molecule has 0 radical (unpaired) electrons. The minimum absolute atomic E-state index is 0.266. The maximum atomic E-state index is 13.4. The fraction of sp³-hybridized carbons (Fsp3) is 0.545. The van der Waals surface area contributed by atoms with E-state index in [-0.39, 0.29) is 31.1 Å². The summed E-state index contributed by atoms with van der Waals surface area (Å²) >= 11 is 0. The lowest BCUT2D eigenvalue weighted by atomic mass is 9.92. The number of ether oxygens (including phenoxy) is 2. The number of hydrogen-bond acceptors (Lipinski definition) is 5. The van der Waals surface area contributed by atoms with E-state index in [9.17, 15) is 19.0 Å². The van der Waals surface area contributed by atoms with Gasteiger partial charge in [0.25, 0.3) is 0 Å². The van der Waals surface area contributed by atoms with Gasteiger partial charge < -0.3 is 25.0 Å². The molecule has 5 unspecified atom stereocenters. The van der Waals surface area contributed by atoms with Crippen LogP contribution in [0.25, 0.3) is 0 Å². The molecule has 2 aliphatic heterocycles. The van der Waals surface area contributed by atoms with Gasteiger partial charge in [0.05, 0.1) is 0 Å². The van der Waals surface area contributed by atoms with Gasteiger partial charge in [0, 0.05) is 19.5 Å². The molecule has 2 heterocycles. The number of fused-ring (bicyclic) bond motifs is 1. The molecule has 3 N–H and O–H groups in total. The largest absolute Gasteiger partial charge is 0.488 e. The Hall–Kier alpha value is -1.96. The molecule has 29 heavy (non-hydrogen) atoms. The van der Waals surface area contributed by atoms with Gasteiger partial charge in [-0.3, -0.25) is 0 Å². The highest BCUT2D eigenvalue weighted by Gasteiger charge is 2.30. The first-order chi connectivity index (χ1) is 14.0. The second-order valence-corrected chi connectivity index (χ2v) is 7.98. The van der Waals surface area contributed by atoms with Crippen LogP contribution in [0, 0.1) is 5.82 Å². The molecule has 5 atom stereocenters. The van der Waals surface area contributed by atoms with Crippen molar-refractivity contribution < 1.29 is 28.5 Å². The zero-order chi connectivity index (χ0) is 20.4. The molecule has 0 aromatic heterocycles. The monoisotopic (exact) mass is 407 g/mol. The zero-order valence-electron chi connectivity index (χ0n) is 16.2. The van der Waals surface area contributed by atoms with E-state index in [0.29, 0.717) is 37.2 Å². The van der Waals surface area contributed by atoms with Crippen LogP contribution in [-0.2, 0) is 11.2 Å². The summed E-state index contributed by atoms with van der Waals surface area (Å²) in [4.78, 5) is 0. The van der Waals surface area contributed by atoms with Gasteiger partial charge in [-0.2, -0.15) is 0 Å². The van der Waals surface area contributed by atoms with Gasteiger partial charge in [0.2, 0.25) is 0 Å². The molecule has 0 amide bonds. The number of aryl methyl sites for hydroxylation is 1. The first-order valence-corrected chi connectivity index (χ1v) is 10.2. The van der Waals surface area contributed by atoms with Crippen molar-refractivity contribution in [2.45, 2.75) is 62.7 Å². The number of aliphatic hydroxyl groups excluding tert-OH is 2. The molecule has 4 rings (SSSR count). The molecule has 5 nitrogen and oxygen atoms in total. The maximum absolute atomic E-state index is 13.4. The van der Waals surface area contributed by atoms with Crippen molar-refractivity contribution in [1.29, 1.82) is 0 Å². The van der Waals surface area contributed by atoms with Crippen LogP contribution in [-0.4, -0.2) is 53.9 Å². The third-order valence-electron chi connectivity index (χ3n) is 5.82. The number of aliphatic hydroxyl groups is 2. The summed E-state index contributed by atoms with van der Waals surface area (Å²) in [5, 5.41) is 23.9. The highest BCUT2D eigenvalue weighted by atomic mass is 19.1. The van der Waals surface area contributed by atoms with Crippen molar-refractivity contribution in [2.75, 3.05) is 13.1 Å². The third kappa shape index (κ3) is 4.79. The van der Waals surface area contributed by atoms with Crippen LogP contribution in [0.4, 0.5) is 8.78 Å². The molecule has 3 aliphatic rings. The lowest BCUT2D eigenvalue weighted by Gasteiger charge is -2.33. The molecule has 0 bridgehead atoms. The second kappa shape index (κ2) is 8.81. The Morgan fingerprint density at radius 3 is 2.59 bits per heavy atom. The number of nitrogens with one attached hydrogen (secondary N) is 1. The van der Waals surface area contributed by atoms with Crippen molar-refractivity contribution in [1.82, 2.24) is 5.32 Å². The van der Waals surface area contributed by atoms with E-state index in [2.05, 4.69) is 5.32 Å².